The number of carbonyl (C=O) groups is 3. The lowest BCUT2D eigenvalue weighted by Crippen LogP contribution is -2.30. The molecule has 0 aromatic rings. The maximum atomic E-state index is 12.9. The number of ether oxygens (including phenoxy) is 3. The number of esters is 3. The summed E-state index contributed by atoms with van der Waals surface area (Å²) < 4.78 is 16.9. The number of allylic oxidation sites excluding steroid dienone is 16. The Morgan fingerprint density at radius 2 is 0.500 bits per heavy atom. The minimum Gasteiger partial charge on any atom is -0.462 e. The van der Waals surface area contributed by atoms with E-state index in [2.05, 4.69) is 118 Å². The molecule has 0 heterocycles. The Hall–Kier alpha value is -3.67. The van der Waals surface area contributed by atoms with Gasteiger partial charge >= 0.3 is 17.9 Å². The minimum atomic E-state index is -0.784. The molecule has 0 fully saturated rings. The highest BCUT2D eigenvalue weighted by Gasteiger charge is 2.19. The molecule has 0 bridgehead atoms. The van der Waals surface area contributed by atoms with Crippen molar-refractivity contribution >= 4 is 17.9 Å². The average molecular weight is 1090 g/mol. The van der Waals surface area contributed by atoms with Crippen LogP contribution in [0.15, 0.2) is 97.2 Å². The van der Waals surface area contributed by atoms with Crippen LogP contribution in [0, 0.1) is 0 Å². The predicted molar refractivity (Wildman–Crippen MR) is 339 cm³/mol. The van der Waals surface area contributed by atoms with E-state index >= 15 is 0 Å². The van der Waals surface area contributed by atoms with Gasteiger partial charge in [-0.2, -0.15) is 0 Å². The van der Waals surface area contributed by atoms with Gasteiger partial charge in [-0.05, 0) is 122 Å². The quantitative estimate of drug-likeness (QED) is 0.0261. The fourth-order valence-corrected chi connectivity index (χ4v) is 9.32. The maximum absolute atomic E-state index is 12.9. The molecular formula is C72H124O6. The monoisotopic (exact) mass is 1080 g/mol. The number of hydrogen-bond acceptors (Lipinski definition) is 6. The molecule has 0 spiro atoms. The van der Waals surface area contributed by atoms with E-state index in [1.165, 1.54) is 180 Å². The van der Waals surface area contributed by atoms with Crippen LogP contribution in [-0.4, -0.2) is 37.2 Å². The van der Waals surface area contributed by atoms with Crippen molar-refractivity contribution in [3.63, 3.8) is 0 Å². The largest absolute Gasteiger partial charge is 0.462 e. The Labute approximate surface area is 483 Å². The Kier molecular flexibility index (Phi) is 62.7. The Balaban J connectivity index is 4.23. The summed E-state index contributed by atoms with van der Waals surface area (Å²) in [6.07, 6.45) is 88.5. The molecule has 6 heteroatoms. The van der Waals surface area contributed by atoms with Crippen LogP contribution in [0.1, 0.15) is 323 Å². The van der Waals surface area contributed by atoms with Crippen molar-refractivity contribution < 1.29 is 28.6 Å². The second-order valence-corrected chi connectivity index (χ2v) is 22.0. The first-order chi connectivity index (χ1) is 38.5. The van der Waals surface area contributed by atoms with E-state index in [1.807, 2.05) is 0 Å². The highest BCUT2D eigenvalue weighted by atomic mass is 16.6. The molecule has 0 radical (unpaired) electrons. The van der Waals surface area contributed by atoms with Gasteiger partial charge in [0.15, 0.2) is 6.10 Å². The van der Waals surface area contributed by atoms with Gasteiger partial charge < -0.3 is 14.2 Å². The molecule has 0 N–H and O–H groups in total. The topological polar surface area (TPSA) is 78.9 Å². The summed E-state index contributed by atoms with van der Waals surface area (Å²) in [5.74, 6) is -0.885. The van der Waals surface area contributed by atoms with Crippen LogP contribution in [0.4, 0.5) is 0 Å². The van der Waals surface area contributed by atoms with Crippen molar-refractivity contribution in [2.24, 2.45) is 0 Å². The molecule has 1 unspecified atom stereocenters. The third-order valence-corrected chi connectivity index (χ3v) is 14.3. The zero-order valence-electron chi connectivity index (χ0n) is 51.4. The van der Waals surface area contributed by atoms with Gasteiger partial charge in [-0.3, -0.25) is 14.4 Å². The van der Waals surface area contributed by atoms with Crippen molar-refractivity contribution in [3.05, 3.63) is 97.2 Å². The third-order valence-electron chi connectivity index (χ3n) is 14.3. The van der Waals surface area contributed by atoms with Crippen LogP contribution in [0.25, 0.3) is 0 Å². The van der Waals surface area contributed by atoms with Crippen molar-refractivity contribution in [3.8, 4) is 0 Å². The Morgan fingerprint density at radius 1 is 0.269 bits per heavy atom. The SMILES string of the molecule is CC/C=C\C/C=C\C/C=C\C/C=C\C/C=C\C/C=C\CCCCCCCCCCCCCCC(=O)OCC(COC(=O)CCCCCCC/C=C\CCCCC)OC(=O)CCCCCCCCC/C=C\CCCCCCCC. The maximum Gasteiger partial charge on any atom is 0.306 e. The predicted octanol–water partition coefficient (Wildman–Crippen LogP) is 22.8. The van der Waals surface area contributed by atoms with E-state index in [0.29, 0.717) is 19.3 Å². The number of unbranched alkanes of at least 4 members (excludes halogenated alkanes) is 33. The van der Waals surface area contributed by atoms with Crippen molar-refractivity contribution in [1.29, 1.82) is 0 Å². The lowest BCUT2D eigenvalue weighted by atomic mass is 10.0. The summed E-state index contributed by atoms with van der Waals surface area (Å²) in [4.78, 5) is 38.3. The summed E-state index contributed by atoms with van der Waals surface area (Å²) in [7, 11) is 0. The summed E-state index contributed by atoms with van der Waals surface area (Å²) >= 11 is 0. The molecule has 0 amide bonds. The molecular weight excluding hydrogens is 961 g/mol. The van der Waals surface area contributed by atoms with Gasteiger partial charge in [0.2, 0.25) is 0 Å². The second kappa shape index (κ2) is 65.8. The lowest BCUT2D eigenvalue weighted by molar-refractivity contribution is -0.167. The smallest absolute Gasteiger partial charge is 0.306 e. The zero-order valence-corrected chi connectivity index (χ0v) is 51.4. The highest BCUT2D eigenvalue weighted by molar-refractivity contribution is 5.71. The van der Waals surface area contributed by atoms with Gasteiger partial charge in [0.05, 0.1) is 0 Å². The van der Waals surface area contributed by atoms with E-state index < -0.39 is 6.10 Å². The van der Waals surface area contributed by atoms with Gasteiger partial charge in [0, 0.05) is 19.3 Å². The lowest BCUT2D eigenvalue weighted by Gasteiger charge is -2.18. The van der Waals surface area contributed by atoms with Crippen LogP contribution < -0.4 is 0 Å². The van der Waals surface area contributed by atoms with Crippen LogP contribution in [0.3, 0.4) is 0 Å². The van der Waals surface area contributed by atoms with E-state index in [-0.39, 0.29) is 31.1 Å². The molecule has 78 heavy (non-hydrogen) atoms. The normalized spacial score (nSPS) is 12.7. The Bertz CT molecular complexity index is 1530. The van der Waals surface area contributed by atoms with Gasteiger partial charge in [-0.25, -0.2) is 0 Å². The van der Waals surface area contributed by atoms with Crippen LogP contribution in [-0.2, 0) is 28.6 Å². The van der Waals surface area contributed by atoms with Crippen molar-refractivity contribution in [2.45, 2.75) is 329 Å². The van der Waals surface area contributed by atoms with Crippen LogP contribution >= 0.6 is 0 Å². The van der Waals surface area contributed by atoms with Crippen molar-refractivity contribution in [1.82, 2.24) is 0 Å². The molecule has 0 aromatic carbocycles. The molecule has 1 atom stereocenters. The summed E-state index contributed by atoms with van der Waals surface area (Å²) in [6.45, 7) is 6.51. The number of carbonyl (C=O) groups excluding carboxylic acids is 3. The molecule has 0 rings (SSSR count). The number of rotatable bonds is 60. The molecule has 448 valence electrons. The number of hydrogen-bond donors (Lipinski definition) is 0. The Morgan fingerprint density at radius 3 is 0.821 bits per heavy atom. The van der Waals surface area contributed by atoms with E-state index in [1.54, 1.807) is 0 Å². The molecule has 6 nitrogen and oxygen atoms in total. The fourth-order valence-electron chi connectivity index (χ4n) is 9.32. The van der Waals surface area contributed by atoms with Gasteiger partial charge in [-0.1, -0.05) is 279 Å². The van der Waals surface area contributed by atoms with E-state index in [4.69, 9.17) is 14.2 Å². The second-order valence-electron chi connectivity index (χ2n) is 22.0. The average Bonchev–Trinajstić information content (AvgIpc) is 3.44. The van der Waals surface area contributed by atoms with Crippen LogP contribution in [0.2, 0.25) is 0 Å². The first kappa shape index (κ1) is 74.3. The minimum absolute atomic E-state index is 0.0807. The van der Waals surface area contributed by atoms with Crippen LogP contribution in [0.5, 0.6) is 0 Å². The summed E-state index contributed by atoms with van der Waals surface area (Å²) in [5, 5.41) is 0. The van der Waals surface area contributed by atoms with Crippen molar-refractivity contribution in [2.75, 3.05) is 13.2 Å². The van der Waals surface area contributed by atoms with Gasteiger partial charge in [0.25, 0.3) is 0 Å². The molecule has 0 saturated heterocycles. The standard InChI is InChI=1S/C72H124O6/c1-4-7-10-13-16-19-22-25-27-29-30-31-32-33-34-35-36-37-38-39-40-41-42-44-45-47-50-53-56-59-62-65-71(74)77-68-69(67-76-70(73)64-61-58-55-52-49-24-21-18-15-12-9-6-3)78-72(75)66-63-60-57-54-51-48-46-43-28-26-23-20-17-14-11-8-5-2/h7,10,16,18-19,21,25-28,30-31,33-34,36-37,69H,4-6,8-9,11-15,17,20,22-24,29,32,35,38-68H2,1-3H3/b10-7-,19-16-,21-18-,27-25-,28-26-,31-30-,34-33-,37-36-. The van der Waals surface area contributed by atoms with Gasteiger partial charge in [-0.15, -0.1) is 0 Å². The first-order valence-electron chi connectivity index (χ1n) is 33.2. The molecule has 0 aromatic heterocycles. The van der Waals surface area contributed by atoms with E-state index in [9.17, 15) is 14.4 Å². The molecule has 0 saturated carbocycles. The molecule has 0 aliphatic heterocycles. The highest BCUT2D eigenvalue weighted by Crippen LogP contribution is 2.16. The molecule has 0 aliphatic rings. The summed E-state index contributed by atoms with van der Waals surface area (Å²) in [6, 6.07) is 0. The molecule has 0 aliphatic carbocycles. The zero-order chi connectivity index (χ0) is 56.4. The first-order valence-corrected chi connectivity index (χ1v) is 33.2. The third kappa shape index (κ3) is 63.2. The van der Waals surface area contributed by atoms with Gasteiger partial charge in [0.1, 0.15) is 13.2 Å². The summed E-state index contributed by atoms with van der Waals surface area (Å²) in [5.41, 5.74) is 0. The van der Waals surface area contributed by atoms with E-state index in [0.717, 1.165) is 103 Å². The fraction of sp³-hybridized carbons (Fsp3) is 0.736.